The van der Waals surface area contributed by atoms with Crippen molar-refractivity contribution in [3.8, 4) is 79.4 Å². The molecule has 0 saturated carbocycles. The fraction of sp³-hybridized carbons (Fsp3) is 0.0256. The van der Waals surface area contributed by atoms with Gasteiger partial charge < -0.3 is 18.3 Å². The van der Waals surface area contributed by atoms with Gasteiger partial charge in [0.25, 0.3) is 0 Å². The summed E-state index contributed by atoms with van der Waals surface area (Å²) in [5, 5.41) is 20.7. The third-order valence-corrected chi connectivity index (χ3v) is 27.8. The van der Waals surface area contributed by atoms with Gasteiger partial charge in [-0.1, -0.05) is 281 Å². The molecule has 590 valence electrons. The molecule has 0 spiro atoms. The van der Waals surface area contributed by atoms with Crippen molar-refractivity contribution in [2.45, 2.75) is 19.3 Å². The Kier molecular flexibility index (Phi) is 14.4. The number of aromatic nitrogens is 10. The van der Waals surface area contributed by atoms with Gasteiger partial charge >= 0.3 is 0 Å². The summed E-state index contributed by atoms with van der Waals surface area (Å²) in [6, 6.07) is 147. The maximum absolute atomic E-state index is 5.76. The lowest BCUT2D eigenvalue weighted by atomic mass is 9.82. The van der Waals surface area contributed by atoms with Gasteiger partial charge in [0.05, 0.1) is 94.3 Å². The van der Waals surface area contributed by atoms with Gasteiger partial charge in [-0.3, -0.25) is 9.13 Å². The summed E-state index contributed by atoms with van der Waals surface area (Å²) in [7, 11) is 0. The molecule has 10 heteroatoms. The van der Waals surface area contributed by atoms with Crippen LogP contribution in [0.25, 0.3) is 254 Å². The van der Waals surface area contributed by atoms with Crippen molar-refractivity contribution < 1.29 is 0 Å². The van der Waals surface area contributed by atoms with Crippen LogP contribution >= 0.6 is 0 Å². The molecule has 1 aliphatic rings. The summed E-state index contributed by atoms with van der Waals surface area (Å²) in [5.74, 6) is 1.23. The summed E-state index contributed by atoms with van der Waals surface area (Å²) in [5.41, 5.74) is 30.8. The summed E-state index contributed by atoms with van der Waals surface area (Å²) >= 11 is 0. The lowest BCUT2D eigenvalue weighted by Gasteiger charge is -2.21. The zero-order chi connectivity index (χ0) is 83.2. The molecule has 0 fully saturated rings. The summed E-state index contributed by atoms with van der Waals surface area (Å²) in [4.78, 5) is 22.3. The number of hydrogen-bond donors (Lipinski definition) is 0. The van der Waals surface area contributed by atoms with Crippen molar-refractivity contribution in [1.29, 1.82) is 0 Å². The quantitative estimate of drug-likeness (QED) is 0.144. The van der Waals surface area contributed by atoms with E-state index in [2.05, 4.69) is 442 Å². The second-order valence-corrected chi connectivity index (χ2v) is 34.7. The molecular formula is C117H72N10. The first kappa shape index (κ1) is 69.8. The van der Waals surface area contributed by atoms with Crippen molar-refractivity contribution >= 4 is 174 Å². The van der Waals surface area contributed by atoms with Crippen LogP contribution in [0.2, 0.25) is 0 Å². The summed E-state index contributed by atoms with van der Waals surface area (Å²) in [6.45, 7) is 4.71. The molecular weight excluding hydrogens is 1550 g/mol. The van der Waals surface area contributed by atoms with Crippen LogP contribution in [0, 0.1) is 0 Å². The van der Waals surface area contributed by atoms with Crippen molar-refractivity contribution in [2.24, 2.45) is 0 Å². The molecule has 0 unspecified atom stereocenters. The minimum Gasteiger partial charge on any atom is -0.309 e. The maximum atomic E-state index is 5.76. The van der Waals surface area contributed by atoms with Crippen molar-refractivity contribution in [1.82, 2.24) is 47.3 Å². The first-order chi connectivity index (χ1) is 62.8. The molecule has 10 nitrogen and oxygen atoms in total. The molecule has 8 aromatic heterocycles. The molecule has 19 aromatic carbocycles. The smallest absolute Gasteiger partial charge is 0.235 e. The van der Waals surface area contributed by atoms with Crippen LogP contribution in [0.4, 0.5) is 0 Å². The van der Waals surface area contributed by atoms with Gasteiger partial charge in [0.2, 0.25) is 11.9 Å². The lowest BCUT2D eigenvalue weighted by Crippen LogP contribution is -2.14. The van der Waals surface area contributed by atoms with Crippen LogP contribution in [0.3, 0.4) is 0 Å². The molecule has 0 N–H and O–H groups in total. The van der Waals surface area contributed by atoms with Crippen molar-refractivity contribution in [2.75, 3.05) is 0 Å². The van der Waals surface area contributed by atoms with E-state index in [0.29, 0.717) is 11.9 Å². The topological polar surface area (TPSA) is 81.1 Å². The first-order valence-electron chi connectivity index (χ1n) is 43.7. The van der Waals surface area contributed by atoms with Crippen LogP contribution in [-0.4, -0.2) is 47.3 Å². The molecule has 0 atom stereocenters. The molecule has 0 bridgehead atoms. The standard InChI is InChI=1S/C117H72N10/c1-117(2)91-43-16-8-33-78(91)89-67-74(55-59-92(89)117)123-96-47-20-13-38-85(96)109-104(123)61-62-105-110(109)86-39-14-21-48-97(86)124(105)75-56-60-100-90(68-75)79-34-11-19-46-95(79)126(100)115-118-93-44-17-10-36-83(93)114(120-115)81-42-25-29-72-65-70(53-57-77(72)81)71-54-58-88-107(66-71)122(73-30-4-3-5-31-73)103-63-64-106-111(112(88)103)87-40-15-22-49-98(87)125(106)101-51-26-52-102-108(101)84-37-12-23-50-99(84)127(102)116-119-94-45-18-9-35-82(94)113(121-116)80-41-24-28-69-27-6-7-32-76(69)80/h3-68H,1-2H3. The Morgan fingerprint density at radius 3 is 1.21 bits per heavy atom. The Labute approximate surface area is 726 Å². The van der Waals surface area contributed by atoms with Crippen LogP contribution < -0.4 is 0 Å². The minimum absolute atomic E-state index is 0.0856. The number of fused-ring (bicyclic) bond motifs is 27. The molecule has 1 aliphatic carbocycles. The molecule has 27 aromatic rings. The normalized spacial score (nSPS) is 12.9. The molecule has 0 saturated heterocycles. The van der Waals surface area contributed by atoms with Crippen molar-refractivity contribution in [3.63, 3.8) is 0 Å². The Balaban J connectivity index is 0.566. The van der Waals surface area contributed by atoms with E-state index in [4.69, 9.17) is 19.9 Å². The second kappa shape index (κ2) is 26.1. The SMILES string of the molecule is CC1(C)c2ccccc2-c2cc(-n3c4ccccc4c4c5c6ccccc6n(-c6ccc7c(c6)c6ccccc6n7-c6nc(-c7cccc8cc(-c9ccc%10c%11c%12c%13ccccc%13n(-c%13cccc%14c%13c%13ccccc%13n%14-c%13nc(-c%14cccc%15ccccc%14%15)c%14ccccc%14n%13)c%12ccc%11n(-c%11ccccc%11)c%10c9)ccc78)c7ccccc7n6)c5ccc43)ccc21. The predicted molar refractivity (Wildman–Crippen MR) is 528 cm³/mol. The van der Waals surface area contributed by atoms with Crippen LogP contribution in [0.1, 0.15) is 25.0 Å². The molecule has 0 radical (unpaired) electrons. The zero-order valence-corrected chi connectivity index (χ0v) is 69.1. The summed E-state index contributed by atoms with van der Waals surface area (Å²) < 4.78 is 14.5. The van der Waals surface area contributed by atoms with Gasteiger partial charge in [0.15, 0.2) is 0 Å². The van der Waals surface area contributed by atoms with E-state index in [1.54, 1.807) is 0 Å². The molecule has 0 aliphatic heterocycles. The molecule has 28 rings (SSSR count). The van der Waals surface area contributed by atoms with Gasteiger partial charge in [0.1, 0.15) is 0 Å². The van der Waals surface area contributed by atoms with Gasteiger partial charge in [-0.15, -0.1) is 0 Å². The third-order valence-electron chi connectivity index (χ3n) is 27.8. The van der Waals surface area contributed by atoms with Crippen LogP contribution in [0.5, 0.6) is 0 Å². The monoisotopic (exact) mass is 1620 g/mol. The summed E-state index contributed by atoms with van der Waals surface area (Å²) in [6.07, 6.45) is 0. The highest BCUT2D eigenvalue weighted by Gasteiger charge is 2.36. The van der Waals surface area contributed by atoms with E-state index >= 15 is 0 Å². The largest absolute Gasteiger partial charge is 0.309 e. The Morgan fingerprint density at radius 1 is 0.197 bits per heavy atom. The second-order valence-electron chi connectivity index (χ2n) is 34.7. The minimum atomic E-state index is -0.0856. The first-order valence-corrected chi connectivity index (χ1v) is 43.7. The third kappa shape index (κ3) is 9.78. The fourth-order valence-corrected chi connectivity index (χ4v) is 22.3. The highest BCUT2D eigenvalue weighted by atomic mass is 15.2. The number of para-hydroxylation sites is 8. The van der Waals surface area contributed by atoms with E-state index in [0.717, 1.165) is 171 Å². The number of rotatable bonds is 9. The molecule has 127 heavy (non-hydrogen) atoms. The highest BCUT2D eigenvalue weighted by Crippen LogP contribution is 2.53. The van der Waals surface area contributed by atoms with E-state index in [9.17, 15) is 0 Å². The van der Waals surface area contributed by atoms with Crippen LogP contribution in [-0.2, 0) is 5.41 Å². The highest BCUT2D eigenvalue weighted by molar-refractivity contribution is 6.31. The van der Waals surface area contributed by atoms with Crippen molar-refractivity contribution in [3.05, 3.63) is 412 Å². The fourth-order valence-electron chi connectivity index (χ4n) is 22.3. The van der Waals surface area contributed by atoms with Gasteiger partial charge in [-0.2, -0.15) is 0 Å². The van der Waals surface area contributed by atoms with E-state index < -0.39 is 0 Å². The average Bonchev–Trinajstić information content (AvgIpc) is 1.54. The maximum Gasteiger partial charge on any atom is 0.235 e. The predicted octanol–water partition coefficient (Wildman–Crippen LogP) is 29.8. The lowest BCUT2D eigenvalue weighted by molar-refractivity contribution is 0.660. The van der Waals surface area contributed by atoms with Crippen LogP contribution in [0.15, 0.2) is 400 Å². The Morgan fingerprint density at radius 2 is 0.583 bits per heavy atom. The Hall–Kier alpha value is -16.8. The average molecular weight is 1620 g/mol. The van der Waals surface area contributed by atoms with E-state index in [-0.39, 0.29) is 5.41 Å². The van der Waals surface area contributed by atoms with Gasteiger partial charge in [0, 0.05) is 109 Å². The molecule has 8 heterocycles. The number of benzene rings is 19. The van der Waals surface area contributed by atoms with E-state index in [1.807, 2.05) is 0 Å². The zero-order valence-electron chi connectivity index (χ0n) is 69.1. The number of hydrogen-bond acceptors (Lipinski definition) is 4. The van der Waals surface area contributed by atoms with E-state index in [1.165, 1.54) is 81.8 Å². The Bertz CT molecular complexity index is 9530. The number of nitrogens with zero attached hydrogens (tertiary/aromatic N) is 10. The van der Waals surface area contributed by atoms with Gasteiger partial charge in [-0.05, 0) is 188 Å². The van der Waals surface area contributed by atoms with Gasteiger partial charge in [-0.25, -0.2) is 19.9 Å². The molecule has 0 amide bonds.